The average Bonchev–Trinajstić information content (AvgIpc) is 2.28. The lowest BCUT2D eigenvalue weighted by Gasteiger charge is -2.35. The Hall–Kier alpha value is -0.570. The summed E-state index contributed by atoms with van der Waals surface area (Å²) in [7, 11) is 1.48. The van der Waals surface area contributed by atoms with Crippen LogP contribution in [0.1, 0.15) is 39.5 Å². The van der Waals surface area contributed by atoms with Crippen LogP contribution in [0.25, 0.3) is 0 Å². The van der Waals surface area contributed by atoms with Crippen LogP contribution in [0.15, 0.2) is 0 Å². The standard InChI is InChI=1S/C12H23NO2/c1-4-5-10(2)13-8-6-11(7-9-13)12(14)15-3/h10-11H,4-9H2,1-3H3. The summed E-state index contributed by atoms with van der Waals surface area (Å²) in [6.07, 6.45) is 4.41. The lowest BCUT2D eigenvalue weighted by Crippen LogP contribution is -2.41. The van der Waals surface area contributed by atoms with Crippen LogP contribution in [0.3, 0.4) is 0 Å². The van der Waals surface area contributed by atoms with Gasteiger partial charge in [-0.3, -0.25) is 4.79 Å². The topological polar surface area (TPSA) is 29.5 Å². The number of carbonyl (C=O) groups is 1. The summed E-state index contributed by atoms with van der Waals surface area (Å²) in [5.41, 5.74) is 0. The van der Waals surface area contributed by atoms with Crippen molar-refractivity contribution in [2.75, 3.05) is 20.2 Å². The van der Waals surface area contributed by atoms with E-state index in [1.165, 1.54) is 20.0 Å². The Morgan fingerprint density at radius 2 is 2.07 bits per heavy atom. The average molecular weight is 213 g/mol. The Balaban J connectivity index is 2.32. The highest BCUT2D eigenvalue weighted by molar-refractivity contribution is 5.72. The van der Waals surface area contributed by atoms with Gasteiger partial charge >= 0.3 is 5.97 Å². The summed E-state index contributed by atoms with van der Waals surface area (Å²) in [5, 5.41) is 0. The Morgan fingerprint density at radius 3 is 2.53 bits per heavy atom. The highest BCUT2D eigenvalue weighted by atomic mass is 16.5. The van der Waals surface area contributed by atoms with Gasteiger partial charge in [0.05, 0.1) is 13.0 Å². The third-order valence-corrected chi connectivity index (χ3v) is 3.39. The maximum absolute atomic E-state index is 11.3. The molecule has 1 saturated heterocycles. The highest BCUT2D eigenvalue weighted by Crippen LogP contribution is 2.21. The maximum Gasteiger partial charge on any atom is 0.308 e. The fourth-order valence-electron chi connectivity index (χ4n) is 2.34. The smallest absolute Gasteiger partial charge is 0.308 e. The van der Waals surface area contributed by atoms with Gasteiger partial charge in [0.15, 0.2) is 0 Å². The summed E-state index contributed by atoms with van der Waals surface area (Å²) in [6.45, 7) is 6.58. The summed E-state index contributed by atoms with van der Waals surface area (Å²) in [5.74, 6) is 0.109. The van der Waals surface area contributed by atoms with Crippen LogP contribution < -0.4 is 0 Å². The van der Waals surface area contributed by atoms with Crippen molar-refractivity contribution in [3.05, 3.63) is 0 Å². The van der Waals surface area contributed by atoms with Crippen LogP contribution >= 0.6 is 0 Å². The summed E-state index contributed by atoms with van der Waals surface area (Å²) in [4.78, 5) is 13.8. The van der Waals surface area contributed by atoms with Gasteiger partial charge in [-0.1, -0.05) is 13.3 Å². The van der Waals surface area contributed by atoms with E-state index in [4.69, 9.17) is 4.74 Å². The Kier molecular flexibility index (Phi) is 5.09. The van der Waals surface area contributed by atoms with Gasteiger partial charge in [-0.25, -0.2) is 0 Å². The van der Waals surface area contributed by atoms with Crippen molar-refractivity contribution >= 4 is 5.97 Å². The first-order valence-corrected chi connectivity index (χ1v) is 6.01. The van der Waals surface area contributed by atoms with Crippen LogP contribution in [0.4, 0.5) is 0 Å². The first kappa shape index (κ1) is 12.5. The molecule has 3 nitrogen and oxygen atoms in total. The van der Waals surface area contributed by atoms with Crippen molar-refractivity contribution in [1.82, 2.24) is 4.90 Å². The molecule has 0 aromatic heterocycles. The van der Waals surface area contributed by atoms with Crippen LogP contribution in [-0.2, 0) is 9.53 Å². The SMILES string of the molecule is CCCC(C)N1CCC(C(=O)OC)CC1. The quantitative estimate of drug-likeness (QED) is 0.669. The number of ether oxygens (including phenoxy) is 1. The monoisotopic (exact) mass is 213 g/mol. The van der Waals surface area contributed by atoms with E-state index in [-0.39, 0.29) is 11.9 Å². The minimum absolute atomic E-state index is 0.0298. The number of likely N-dealkylation sites (tertiary alicyclic amines) is 1. The number of methoxy groups -OCH3 is 1. The first-order valence-electron chi connectivity index (χ1n) is 6.01. The molecule has 3 heteroatoms. The van der Waals surface area contributed by atoms with Crippen molar-refractivity contribution in [3.8, 4) is 0 Å². The van der Waals surface area contributed by atoms with Crippen LogP contribution in [0, 0.1) is 5.92 Å². The molecule has 1 fully saturated rings. The molecule has 1 unspecified atom stereocenters. The molecule has 1 rings (SSSR count). The van der Waals surface area contributed by atoms with Gasteiger partial charge in [-0.2, -0.15) is 0 Å². The maximum atomic E-state index is 11.3. The van der Waals surface area contributed by atoms with Crippen molar-refractivity contribution < 1.29 is 9.53 Å². The van der Waals surface area contributed by atoms with Crippen LogP contribution in [0.2, 0.25) is 0 Å². The number of rotatable bonds is 4. The minimum atomic E-state index is -0.0298. The Morgan fingerprint density at radius 1 is 1.47 bits per heavy atom. The van der Waals surface area contributed by atoms with Crippen molar-refractivity contribution in [1.29, 1.82) is 0 Å². The minimum Gasteiger partial charge on any atom is -0.469 e. The molecule has 0 aliphatic carbocycles. The van der Waals surface area contributed by atoms with Gasteiger partial charge in [0.1, 0.15) is 0 Å². The Bertz CT molecular complexity index is 198. The molecule has 1 atom stereocenters. The molecule has 0 saturated carbocycles. The molecular weight excluding hydrogens is 190 g/mol. The van der Waals surface area contributed by atoms with Crippen LogP contribution in [0.5, 0.6) is 0 Å². The summed E-state index contributed by atoms with van der Waals surface area (Å²) in [6, 6.07) is 0.661. The number of hydrogen-bond acceptors (Lipinski definition) is 3. The molecule has 0 amide bonds. The van der Waals surface area contributed by atoms with E-state index in [1.54, 1.807) is 0 Å². The number of esters is 1. The molecule has 15 heavy (non-hydrogen) atoms. The van der Waals surface area contributed by atoms with Crippen molar-refractivity contribution in [2.24, 2.45) is 5.92 Å². The fourth-order valence-corrected chi connectivity index (χ4v) is 2.34. The van der Waals surface area contributed by atoms with E-state index in [0.717, 1.165) is 25.9 Å². The van der Waals surface area contributed by atoms with E-state index >= 15 is 0 Å². The lowest BCUT2D eigenvalue weighted by atomic mass is 9.95. The summed E-state index contributed by atoms with van der Waals surface area (Å²) < 4.78 is 4.78. The van der Waals surface area contributed by atoms with Gasteiger partial charge in [-0.15, -0.1) is 0 Å². The predicted molar refractivity (Wildman–Crippen MR) is 60.7 cm³/mol. The van der Waals surface area contributed by atoms with Crippen LogP contribution in [-0.4, -0.2) is 37.1 Å². The number of piperidine rings is 1. The highest BCUT2D eigenvalue weighted by Gasteiger charge is 2.27. The molecule has 1 heterocycles. The fraction of sp³-hybridized carbons (Fsp3) is 0.917. The predicted octanol–water partition coefficient (Wildman–Crippen LogP) is 2.06. The van der Waals surface area contributed by atoms with E-state index in [0.29, 0.717) is 6.04 Å². The molecule has 0 bridgehead atoms. The third kappa shape index (κ3) is 3.49. The molecule has 1 aliphatic rings. The lowest BCUT2D eigenvalue weighted by molar-refractivity contribution is -0.147. The second kappa shape index (κ2) is 6.11. The number of carbonyl (C=O) groups excluding carboxylic acids is 1. The zero-order chi connectivity index (χ0) is 11.3. The zero-order valence-corrected chi connectivity index (χ0v) is 10.2. The largest absolute Gasteiger partial charge is 0.469 e. The zero-order valence-electron chi connectivity index (χ0n) is 10.2. The molecular formula is C12H23NO2. The van der Waals surface area contributed by atoms with Gasteiger partial charge in [-0.05, 0) is 39.3 Å². The number of hydrogen-bond donors (Lipinski definition) is 0. The van der Waals surface area contributed by atoms with Crippen molar-refractivity contribution in [3.63, 3.8) is 0 Å². The van der Waals surface area contributed by atoms with Crippen molar-refractivity contribution in [2.45, 2.75) is 45.6 Å². The molecule has 0 N–H and O–H groups in total. The second-order valence-electron chi connectivity index (χ2n) is 4.47. The molecule has 0 spiro atoms. The molecule has 1 aliphatic heterocycles. The second-order valence-corrected chi connectivity index (χ2v) is 4.47. The Labute approximate surface area is 92.8 Å². The molecule has 0 radical (unpaired) electrons. The van der Waals surface area contributed by atoms with Gasteiger partial charge < -0.3 is 9.64 Å². The van der Waals surface area contributed by atoms with E-state index in [1.807, 2.05) is 0 Å². The molecule has 88 valence electrons. The third-order valence-electron chi connectivity index (χ3n) is 3.39. The van der Waals surface area contributed by atoms with E-state index < -0.39 is 0 Å². The molecule has 0 aromatic rings. The van der Waals surface area contributed by atoms with Gasteiger partial charge in [0.2, 0.25) is 0 Å². The first-order chi connectivity index (χ1) is 7.19. The van der Waals surface area contributed by atoms with E-state index in [9.17, 15) is 4.79 Å². The number of nitrogens with zero attached hydrogens (tertiary/aromatic N) is 1. The summed E-state index contributed by atoms with van der Waals surface area (Å²) >= 11 is 0. The normalized spacial score (nSPS) is 21.3. The molecule has 0 aromatic carbocycles. The van der Waals surface area contributed by atoms with Gasteiger partial charge in [0.25, 0.3) is 0 Å². The van der Waals surface area contributed by atoms with Gasteiger partial charge in [0, 0.05) is 6.04 Å². The van der Waals surface area contributed by atoms with E-state index in [2.05, 4.69) is 18.7 Å².